The molecule has 0 aliphatic carbocycles. The lowest BCUT2D eigenvalue weighted by molar-refractivity contribution is 0.400. The van der Waals surface area contributed by atoms with Crippen molar-refractivity contribution in [2.24, 2.45) is 0 Å². The van der Waals surface area contributed by atoms with Gasteiger partial charge < -0.3 is 0 Å². The average Bonchev–Trinajstić information content (AvgIpc) is 2.60. The maximum Gasteiger partial charge on any atom is 0.175 e. The molecule has 11 heavy (non-hydrogen) atoms. The van der Waals surface area contributed by atoms with E-state index < -0.39 is 0 Å². The van der Waals surface area contributed by atoms with Crippen LogP contribution >= 0.6 is 0 Å². The summed E-state index contributed by atoms with van der Waals surface area (Å²) >= 11 is 0. The molecule has 8 nitrogen and oxygen atoms in total. The molecule has 0 saturated heterocycles. The molecule has 0 saturated carbocycles. The monoisotopic (exact) mass is 152 g/mol. The number of hydrogen-bond donors (Lipinski definition) is 0. The maximum atomic E-state index is 3.76. The van der Waals surface area contributed by atoms with Crippen LogP contribution < -0.4 is 0 Å². The van der Waals surface area contributed by atoms with E-state index in [4.69, 9.17) is 0 Å². The second-order valence-corrected chi connectivity index (χ2v) is 1.76. The summed E-state index contributed by atoms with van der Waals surface area (Å²) in [4.78, 5) is 2.70. The molecule has 0 amide bonds. The molecule has 0 aliphatic heterocycles. The Hall–Kier alpha value is -1.86. The van der Waals surface area contributed by atoms with Crippen molar-refractivity contribution in [3.63, 3.8) is 0 Å². The van der Waals surface area contributed by atoms with Crippen molar-refractivity contribution in [1.29, 1.82) is 0 Å². The highest BCUT2D eigenvalue weighted by Gasteiger charge is 1.94. The van der Waals surface area contributed by atoms with E-state index >= 15 is 0 Å². The van der Waals surface area contributed by atoms with Gasteiger partial charge in [-0.3, -0.25) is 0 Å². The van der Waals surface area contributed by atoms with E-state index in [2.05, 4.69) is 30.8 Å². The van der Waals surface area contributed by atoms with Gasteiger partial charge in [0.2, 0.25) is 0 Å². The second kappa shape index (κ2) is 2.40. The molecule has 2 aromatic rings. The van der Waals surface area contributed by atoms with Gasteiger partial charge in [-0.25, -0.2) is 0 Å². The van der Waals surface area contributed by atoms with Crippen LogP contribution in [0.4, 0.5) is 0 Å². The lowest BCUT2D eigenvalue weighted by Crippen LogP contribution is -2.13. The first kappa shape index (κ1) is 5.89. The molecule has 2 rings (SSSR count). The fraction of sp³-hybridized carbons (Fsp3) is 0.333. The van der Waals surface area contributed by atoms with Gasteiger partial charge >= 0.3 is 0 Å². The summed E-state index contributed by atoms with van der Waals surface area (Å²) in [6.07, 6.45) is 2.69. The molecule has 2 aromatic heterocycles. The van der Waals surface area contributed by atoms with E-state index in [9.17, 15) is 0 Å². The fourth-order valence-corrected chi connectivity index (χ4v) is 0.620. The topological polar surface area (TPSA) is 87.2 Å². The quantitative estimate of drug-likeness (QED) is 0.502. The molecule has 8 heteroatoms. The normalized spacial score (nSPS) is 10.2. The van der Waals surface area contributed by atoms with Crippen molar-refractivity contribution in [2.45, 2.75) is 6.67 Å². The van der Waals surface area contributed by atoms with Gasteiger partial charge in [0.25, 0.3) is 0 Å². The van der Waals surface area contributed by atoms with Gasteiger partial charge in [-0.05, 0) is 10.4 Å². The van der Waals surface area contributed by atoms with Crippen LogP contribution in [0.5, 0.6) is 0 Å². The van der Waals surface area contributed by atoms with E-state index in [0.29, 0.717) is 6.67 Å². The van der Waals surface area contributed by atoms with Gasteiger partial charge in [0.15, 0.2) is 19.3 Å². The third-order valence-electron chi connectivity index (χ3n) is 1.04. The van der Waals surface area contributed by atoms with Crippen molar-refractivity contribution in [3.8, 4) is 0 Å². The number of nitrogens with zero attached hydrogens (tertiary/aromatic N) is 8. The average molecular weight is 152 g/mol. The van der Waals surface area contributed by atoms with Crippen LogP contribution in [0.2, 0.25) is 0 Å². The highest BCUT2D eigenvalue weighted by molar-refractivity contribution is 4.40. The predicted octanol–water partition coefficient (Wildman–Crippen LogP) is -1.83. The summed E-state index contributed by atoms with van der Waals surface area (Å²) in [5, 5.41) is 21.8. The summed E-state index contributed by atoms with van der Waals surface area (Å²) in [6.45, 7) is 0.333. The molecular weight excluding hydrogens is 148 g/mol. The highest BCUT2D eigenvalue weighted by atomic mass is 15.7. The van der Waals surface area contributed by atoms with Crippen molar-refractivity contribution in [2.75, 3.05) is 0 Å². The largest absolute Gasteiger partial charge is 0.175 e. The Labute approximate surface area is 60.8 Å². The number of aromatic nitrogens is 8. The van der Waals surface area contributed by atoms with Crippen LogP contribution in [-0.2, 0) is 6.67 Å². The summed E-state index contributed by atoms with van der Waals surface area (Å²) in [7, 11) is 0. The molecular formula is C3H4N8. The Balaban J connectivity index is 2.14. The van der Waals surface area contributed by atoms with E-state index in [1.165, 1.54) is 22.2 Å². The Kier molecular flexibility index (Phi) is 1.29. The third-order valence-corrected chi connectivity index (χ3v) is 1.04. The Morgan fingerprint density at radius 2 is 1.45 bits per heavy atom. The first-order chi connectivity index (χ1) is 5.45. The maximum absolute atomic E-state index is 3.76. The summed E-state index contributed by atoms with van der Waals surface area (Å²) < 4.78 is 0. The molecule has 0 aromatic carbocycles. The molecule has 0 spiro atoms. The Morgan fingerprint density at radius 3 is 1.82 bits per heavy atom. The highest BCUT2D eigenvalue weighted by Crippen LogP contribution is 1.75. The first-order valence-corrected chi connectivity index (χ1v) is 2.87. The van der Waals surface area contributed by atoms with Crippen LogP contribution in [0.1, 0.15) is 0 Å². The molecule has 0 N–H and O–H groups in total. The van der Waals surface area contributed by atoms with E-state index in [0.717, 1.165) is 0 Å². The molecule has 56 valence electrons. The SMILES string of the molecule is c1nnn(Cn2ncnn2)n1. The van der Waals surface area contributed by atoms with E-state index in [-0.39, 0.29) is 0 Å². The lowest BCUT2D eigenvalue weighted by Gasteiger charge is -1.93. The van der Waals surface area contributed by atoms with Gasteiger partial charge in [-0.1, -0.05) is 0 Å². The zero-order chi connectivity index (χ0) is 7.52. The second-order valence-electron chi connectivity index (χ2n) is 1.76. The van der Waals surface area contributed by atoms with Crippen LogP contribution in [0.25, 0.3) is 0 Å². The van der Waals surface area contributed by atoms with Gasteiger partial charge in [-0.2, -0.15) is 0 Å². The Bertz CT molecular complexity index is 262. The summed E-state index contributed by atoms with van der Waals surface area (Å²) in [5.74, 6) is 0. The third kappa shape index (κ3) is 1.18. The minimum Gasteiger partial charge on any atom is -0.140 e. The van der Waals surface area contributed by atoms with Gasteiger partial charge in [0.1, 0.15) is 0 Å². The van der Waals surface area contributed by atoms with Crippen LogP contribution in [0.3, 0.4) is 0 Å². The molecule has 0 atom stereocenters. The van der Waals surface area contributed by atoms with Gasteiger partial charge in [0.05, 0.1) is 0 Å². The van der Waals surface area contributed by atoms with Crippen molar-refractivity contribution < 1.29 is 0 Å². The van der Waals surface area contributed by atoms with Crippen LogP contribution in [0.15, 0.2) is 12.7 Å². The zero-order valence-corrected chi connectivity index (χ0v) is 5.44. The summed E-state index contributed by atoms with van der Waals surface area (Å²) in [5.41, 5.74) is 0. The minimum atomic E-state index is 0.333. The first-order valence-electron chi connectivity index (χ1n) is 2.87. The van der Waals surface area contributed by atoms with Crippen molar-refractivity contribution >= 4 is 0 Å². The smallest absolute Gasteiger partial charge is 0.140 e. The zero-order valence-electron chi connectivity index (χ0n) is 5.44. The Morgan fingerprint density at radius 1 is 0.909 bits per heavy atom. The van der Waals surface area contributed by atoms with Gasteiger partial charge in [-0.15, -0.1) is 30.0 Å². The molecule has 0 radical (unpaired) electrons. The van der Waals surface area contributed by atoms with Gasteiger partial charge in [0, 0.05) is 0 Å². The molecule has 2 heterocycles. The minimum absolute atomic E-state index is 0.333. The molecule has 0 fully saturated rings. The van der Waals surface area contributed by atoms with Crippen molar-refractivity contribution in [1.82, 2.24) is 40.4 Å². The number of tetrazole rings is 2. The standard InChI is InChI=1S/C3H4N8/c1-4-8-10(6-1)3-11-7-2-5-9-11/h1-2H,3H2. The molecule has 0 bridgehead atoms. The molecule has 0 aliphatic rings. The van der Waals surface area contributed by atoms with E-state index in [1.54, 1.807) is 0 Å². The predicted molar refractivity (Wildman–Crippen MR) is 31.0 cm³/mol. The van der Waals surface area contributed by atoms with Crippen molar-refractivity contribution in [3.05, 3.63) is 12.7 Å². The van der Waals surface area contributed by atoms with Crippen LogP contribution in [0, 0.1) is 0 Å². The summed E-state index contributed by atoms with van der Waals surface area (Å²) in [6, 6.07) is 0. The fourth-order valence-electron chi connectivity index (χ4n) is 0.620. The van der Waals surface area contributed by atoms with E-state index in [1.807, 2.05) is 0 Å². The number of rotatable bonds is 2. The molecule has 0 unspecified atom stereocenters. The lowest BCUT2D eigenvalue weighted by atomic mass is 11.1. The van der Waals surface area contributed by atoms with Crippen LogP contribution in [-0.4, -0.2) is 40.4 Å². The number of hydrogen-bond acceptors (Lipinski definition) is 6.